The average Bonchev–Trinajstić information content (AvgIpc) is 3.23. The normalized spacial score (nSPS) is 15.1. The van der Waals surface area contributed by atoms with Crippen molar-refractivity contribution < 1.29 is 9.72 Å². The number of benzene rings is 2. The van der Waals surface area contributed by atoms with Crippen molar-refractivity contribution in [2.75, 3.05) is 38.6 Å². The van der Waals surface area contributed by atoms with Gasteiger partial charge < -0.3 is 10.2 Å². The molecule has 3 rings (SSSR count). The van der Waals surface area contributed by atoms with Gasteiger partial charge >= 0.3 is 0 Å². The van der Waals surface area contributed by atoms with Crippen molar-refractivity contribution in [1.29, 1.82) is 0 Å². The standard InChI is InChI=1S/C21H25ClN4O3/c1-24(2)17-8-5-15(6-9-17)20(25-11-3-4-12-25)14-23-21(27)16-7-10-18(22)19(13-16)26(28)29/h5-10,13,20H,3-4,11-12,14H2,1-2H3,(H,23,27). The second kappa shape index (κ2) is 9.24. The molecule has 154 valence electrons. The van der Waals surface area contributed by atoms with Crippen LogP contribution in [0.4, 0.5) is 11.4 Å². The molecule has 0 radical (unpaired) electrons. The smallest absolute Gasteiger partial charge is 0.288 e. The number of halogens is 1. The topological polar surface area (TPSA) is 78.7 Å². The molecule has 0 bridgehead atoms. The second-order valence-electron chi connectivity index (χ2n) is 7.38. The average molecular weight is 417 g/mol. The van der Waals surface area contributed by atoms with Crippen LogP contribution in [0.5, 0.6) is 0 Å². The summed E-state index contributed by atoms with van der Waals surface area (Å²) in [7, 11) is 4.00. The third kappa shape index (κ3) is 5.05. The van der Waals surface area contributed by atoms with Gasteiger partial charge in [-0.25, -0.2) is 0 Å². The van der Waals surface area contributed by atoms with Gasteiger partial charge in [0.2, 0.25) is 0 Å². The minimum Gasteiger partial charge on any atom is -0.378 e. The van der Waals surface area contributed by atoms with Gasteiger partial charge in [0.15, 0.2) is 0 Å². The maximum atomic E-state index is 12.6. The molecule has 2 aromatic rings. The Bertz CT molecular complexity index is 880. The number of carbonyl (C=O) groups is 1. The highest BCUT2D eigenvalue weighted by molar-refractivity contribution is 6.32. The molecule has 1 aliphatic heterocycles. The molecule has 1 heterocycles. The van der Waals surface area contributed by atoms with Crippen molar-refractivity contribution >= 4 is 28.9 Å². The van der Waals surface area contributed by atoms with Crippen LogP contribution in [0.3, 0.4) is 0 Å². The summed E-state index contributed by atoms with van der Waals surface area (Å²) < 4.78 is 0. The van der Waals surface area contributed by atoms with Crippen LogP contribution in [-0.2, 0) is 0 Å². The molecule has 29 heavy (non-hydrogen) atoms. The first-order valence-electron chi connectivity index (χ1n) is 9.60. The summed E-state index contributed by atoms with van der Waals surface area (Å²) in [6, 6.07) is 12.5. The quantitative estimate of drug-likeness (QED) is 0.547. The minimum atomic E-state index is -0.585. The zero-order chi connectivity index (χ0) is 21.0. The van der Waals surface area contributed by atoms with E-state index in [-0.39, 0.29) is 28.2 Å². The Morgan fingerprint density at radius 1 is 1.21 bits per heavy atom. The zero-order valence-electron chi connectivity index (χ0n) is 16.6. The lowest BCUT2D eigenvalue weighted by Crippen LogP contribution is -2.36. The summed E-state index contributed by atoms with van der Waals surface area (Å²) >= 11 is 5.84. The fourth-order valence-corrected chi connectivity index (χ4v) is 3.78. The van der Waals surface area contributed by atoms with Gasteiger partial charge in [0.25, 0.3) is 11.6 Å². The van der Waals surface area contributed by atoms with E-state index in [4.69, 9.17) is 11.6 Å². The van der Waals surface area contributed by atoms with Crippen LogP contribution in [0.1, 0.15) is 34.8 Å². The molecule has 0 saturated carbocycles. The molecule has 1 unspecified atom stereocenters. The van der Waals surface area contributed by atoms with Gasteiger partial charge in [-0.15, -0.1) is 0 Å². The SMILES string of the molecule is CN(C)c1ccc(C(CNC(=O)c2ccc(Cl)c([N+](=O)[O-])c2)N2CCCC2)cc1. The number of carbonyl (C=O) groups excluding carboxylic acids is 1. The largest absolute Gasteiger partial charge is 0.378 e. The van der Waals surface area contributed by atoms with Crippen molar-refractivity contribution in [3.63, 3.8) is 0 Å². The number of likely N-dealkylation sites (tertiary alicyclic amines) is 1. The molecular weight excluding hydrogens is 392 g/mol. The van der Waals surface area contributed by atoms with E-state index in [1.54, 1.807) is 0 Å². The van der Waals surface area contributed by atoms with E-state index in [9.17, 15) is 14.9 Å². The number of rotatable bonds is 7. The van der Waals surface area contributed by atoms with Crippen LogP contribution >= 0.6 is 11.6 Å². The van der Waals surface area contributed by atoms with E-state index in [1.165, 1.54) is 18.2 Å². The summed E-state index contributed by atoms with van der Waals surface area (Å²) in [4.78, 5) is 27.5. The molecule has 0 aliphatic carbocycles. The maximum Gasteiger partial charge on any atom is 0.288 e. The molecule has 1 amide bonds. The van der Waals surface area contributed by atoms with Crippen LogP contribution in [0.25, 0.3) is 0 Å². The fourth-order valence-electron chi connectivity index (χ4n) is 3.59. The van der Waals surface area contributed by atoms with Crippen LogP contribution < -0.4 is 10.2 Å². The lowest BCUT2D eigenvalue weighted by atomic mass is 10.0. The number of hydrogen-bond acceptors (Lipinski definition) is 5. The van der Waals surface area contributed by atoms with Gasteiger partial charge in [-0.05, 0) is 55.8 Å². The first-order valence-corrected chi connectivity index (χ1v) is 9.98. The summed E-state index contributed by atoms with van der Waals surface area (Å²) in [6.45, 7) is 2.40. The molecule has 1 saturated heterocycles. The van der Waals surface area contributed by atoms with Crippen molar-refractivity contribution in [2.24, 2.45) is 0 Å². The molecule has 1 atom stereocenters. The summed E-state index contributed by atoms with van der Waals surface area (Å²) in [5, 5.41) is 14.0. The third-order valence-electron chi connectivity index (χ3n) is 5.24. The molecule has 1 aliphatic rings. The Morgan fingerprint density at radius 3 is 2.45 bits per heavy atom. The van der Waals surface area contributed by atoms with E-state index in [0.29, 0.717) is 6.54 Å². The van der Waals surface area contributed by atoms with Gasteiger partial charge in [0.05, 0.1) is 11.0 Å². The highest BCUT2D eigenvalue weighted by Crippen LogP contribution is 2.27. The number of anilines is 1. The van der Waals surface area contributed by atoms with Crippen molar-refractivity contribution in [1.82, 2.24) is 10.2 Å². The summed E-state index contributed by atoms with van der Waals surface area (Å²) in [5.41, 5.74) is 2.21. The molecule has 0 spiro atoms. The Morgan fingerprint density at radius 2 is 1.86 bits per heavy atom. The highest BCUT2D eigenvalue weighted by Gasteiger charge is 2.25. The Labute approximate surface area is 175 Å². The van der Waals surface area contributed by atoms with Crippen LogP contribution in [-0.4, -0.2) is 49.5 Å². The van der Waals surface area contributed by atoms with Crippen LogP contribution in [0.15, 0.2) is 42.5 Å². The van der Waals surface area contributed by atoms with E-state index < -0.39 is 4.92 Å². The number of nitro benzene ring substituents is 1. The van der Waals surface area contributed by atoms with Gasteiger partial charge in [-0.3, -0.25) is 19.8 Å². The number of nitrogens with one attached hydrogen (secondary N) is 1. The first kappa shape index (κ1) is 21.1. The maximum absolute atomic E-state index is 12.6. The molecule has 7 nitrogen and oxygen atoms in total. The molecule has 8 heteroatoms. The van der Waals surface area contributed by atoms with Gasteiger partial charge in [0, 0.05) is 38.0 Å². The van der Waals surface area contributed by atoms with E-state index in [1.807, 2.05) is 19.0 Å². The molecule has 0 aromatic heterocycles. The van der Waals surface area contributed by atoms with Crippen LogP contribution in [0, 0.1) is 10.1 Å². The second-order valence-corrected chi connectivity index (χ2v) is 7.79. The molecule has 1 N–H and O–H groups in total. The highest BCUT2D eigenvalue weighted by atomic mass is 35.5. The van der Waals surface area contributed by atoms with Crippen LogP contribution in [0.2, 0.25) is 5.02 Å². The van der Waals surface area contributed by atoms with Crippen molar-refractivity contribution in [3.8, 4) is 0 Å². The fraction of sp³-hybridized carbons (Fsp3) is 0.381. The first-order chi connectivity index (χ1) is 13.9. The van der Waals surface area contributed by atoms with Gasteiger partial charge in [-0.2, -0.15) is 0 Å². The van der Waals surface area contributed by atoms with Crippen molar-refractivity contribution in [3.05, 3.63) is 68.7 Å². The number of hydrogen-bond donors (Lipinski definition) is 1. The van der Waals surface area contributed by atoms with Gasteiger partial charge in [-0.1, -0.05) is 23.7 Å². The third-order valence-corrected chi connectivity index (χ3v) is 5.56. The van der Waals surface area contributed by atoms with E-state index >= 15 is 0 Å². The predicted molar refractivity (Wildman–Crippen MR) is 115 cm³/mol. The Hall–Kier alpha value is -2.64. The molecule has 2 aromatic carbocycles. The minimum absolute atomic E-state index is 0.0162. The summed E-state index contributed by atoms with van der Waals surface area (Å²) in [5.74, 6) is -0.348. The Kier molecular flexibility index (Phi) is 6.71. The zero-order valence-corrected chi connectivity index (χ0v) is 17.4. The lowest BCUT2D eigenvalue weighted by Gasteiger charge is -2.28. The number of nitrogens with zero attached hydrogens (tertiary/aromatic N) is 3. The van der Waals surface area contributed by atoms with Crippen molar-refractivity contribution in [2.45, 2.75) is 18.9 Å². The summed E-state index contributed by atoms with van der Waals surface area (Å²) in [6.07, 6.45) is 2.28. The molecular formula is C21H25ClN4O3. The Balaban J connectivity index is 1.75. The number of nitro groups is 1. The number of amides is 1. The van der Waals surface area contributed by atoms with Gasteiger partial charge in [0.1, 0.15) is 5.02 Å². The molecule has 1 fully saturated rings. The van der Waals surface area contributed by atoms with E-state index in [0.717, 1.165) is 37.2 Å². The van der Waals surface area contributed by atoms with E-state index in [2.05, 4.69) is 34.5 Å². The monoisotopic (exact) mass is 416 g/mol. The lowest BCUT2D eigenvalue weighted by molar-refractivity contribution is -0.384. The predicted octanol–water partition coefficient (Wildman–Crippen LogP) is 3.88.